The number of benzene rings is 2. The van der Waals surface area contributed by atoms with Crippen molar-refractivity contribution in [2.45, 2.75) is 25.3 Å². The monoisotopic (exact) mass is 363 g/mol. The minimum Gasteiger partial charge on any atom is -0.497 e. The number of methoxy groups -OCH3 is 1. The standard InChI is InChI=1S/C19H19F2NO4/c1-19(11-18(24)25,13-4-3-5-15(10-13)26-2)22-17(23)9-12-8-14(20)6-7-16(12)21/h3-8,10H,9,11H2,1-2H3,(H,22,23)(H,24,25). The number of halogens is 2. The van der Waals surface area contributed by atoms with Crippen molar-refractivity contribution in [1.82, 2.24) is 5.32 Å². The molecule has 0 aromatic heterocycles. The lowest BCUT2D eigenvalue weighted by molar-refractivity contribution is -0.139. The number of carbonyl (C=O) groups is 2. The maximum atomic E-state index is 13.7. The number of carboxylic acids is 1. The minimum atomic E-state index is -1.25. The van der Waals surface area contributed by atoms with Crippen molar-refractivity contribution in [2.75, 3.05) is 7.11 Å². The van der Waals surface area contributed by atoms with Gasteiger partial charge in [-0.2, -0.15) is 0 Å². The zero-order valence-corrected chi connectivity index (χ0v) is 14.4. The average Bonchev–Trinajstić information content (AvgIpc) is 2.57. The molecule has 5 nitrogen and oxygen atoms in total. The maximum Gasteiger partial charge on any atom is 0.306 e. The Hall–Kier alpha value is -2.96. The SMILES string of the molecule is COc1cccc(C(C)(CC(=O)O)NC(=O)Cc2cc(F)ccc2F)c1. The van der Waals surface area contributed by atoms with Gasteiger partial charge in [-0.15, -0.1) is 0 Å². The summed E-state index contributed by atoms with van der Waals surface area (Å²) in [5.74, 6) is -2.60. The second-order valence-corrected chi connectivity index (χ2v) is 6.10. The lowest BCUT2D eigenvalue weighted by Gasteiger charge is -2.30. The van der Waals surface area contributed by atoms with Crippen LogP contribution in [0.2, 0.25) is 0 Å². The molecule has 26 heavy (non-hydrogen) atoms. The second-order valence-electron chi connectivity index (χ2n) is 6.10. The van der Waals surface area contributed by atoms with Gasteiger partial charge in [-0.1, -0.05) is 12.1 Å². The Kier molecular flexibility index (Phi) is 5.92. The first-order valence-corrected chi connectivity index (χ1v) is 7.85. The molecule has 138 valence electrons. The first-order valence-electron chi connectivity index (χ1n) is 7.85. The third kappa shape index (κ3) is 4.78. The van der Waals surface area contributed by atoms with Crippen molar-refractivity contribution in [3.8, 4) is 5.75 Å². The summed E-state index contributed by atoms with van der Waals surface area (Å²) >= 11 is 0. The predicted octanol–water partition coefficient (Wildman–Crippen LogP) is 3.02. The van der Waals surface area contributed by atoms with E-state index >= 15 is 0 Å². The highest BCUT2D eigenvalue weighted by Crippen LogP contribution is 2.28. The summed E-state index contributed by atoms with van der Waals surface area (Å²) < 4.78 is 32.1. The van der Waals surface area contributed by atoms with E-state index in [2.05, 4.69) is 5.32 Å². The lowest BCUT2D eigenvalue weighted by atomic mass is 9.88. The van der Waals surface area contributed by atoms with Crippen LogP contribution >= 0.6 is 0 Å². The molecule has 2 rings (SSSR count). The molecule has 7 heteroatoms. The van der Waals surface area contributed by atoms with E-state index in [0.717, 1.165) is 18.2 Å². The molecule has 2 aromatic rings. The van der Waals surface area contributed by atoms with Gasteiger partial charge < -0.3 is 15.2 Å². The Morgan fingerprint density at radius 1 is 1.19 bits per heavy atom. The predicted molar refractivity (Wildman–Crippen MR) is 90.8 cm³/mol. The van der Waals surface area contributed by atoms with Crippen molar-refractivity contribution in [1.29, 1.82) is 0 Å². The third-order valence-electron chi connectivity index (χ3n) is 3.99. The first-order chi connectivity index (χ1) is 12.2. The molecule has 2 aromatic carbocycles. The highest BCUT2D eigenvalue weighted by molar-refractivity contribution is 5.81. The molecule has 0 fully saturated rings. The van der Waals surface area contributed by atoms with E-state index in [1.807, 2.05) is 0 Å². The number of amides is 1. The van der Waals surface area contributed by atoms with Crippen LogP contribution in [-0.2, 0) is 21.5 Å². The Labute approximate surface area is 149 Å². The Morgan fingerprint density at radius 2 is 1.92 bits per heavy atom. The van der Waals surface area contributed by atoms with Gasteiger partial charge in [0.2, 0.25) is 5.91 Å². The van der Waals surface area contributed by atoms with E-state index in [1.54, 1.807) is 31.2 Å². The summed E-state index contributed by atoms with van der Waals surface area (Å²) in [5.41, 5.74) is -0.834. The number of carboxylic acid groups (broad SMARTS) is 1. The van der Waals surface area contributed by atoms with Crippen LogP contribution in [0.4, 0.5) is 8.78 Å². The van der Waals surface area contributed by atoms with Crippen LogP contribution in [0.25, 0.3) is 0 Å². The van der Waals surface area contributed by atoms with Gasteiger partial charge in [0.15, 0.2) is 0 Å². The highest BCUT2D eigenvalue weighted by atomic mass is 19.1. The molecule has 1 unspecified atom stereocenters. The van der Waals surface area contributed by atoms with Crippen molar-refractivity contribution >= 4 is 11.9 Å². The maximum absolute atomic E-state index is 13.7. The molecule has 0 saturated heterocycles. The van der Waals surface area contributed by atoms with Gasteiger partial charge in [0.25, 0.3) is 0 Å². The molecule has 0 aliphatic heterocycles. The number of carbonyl (C=O) groups excluding carboxylic acids is 1. The summed E-state index contributed by atoms with van der Waals surface area (Å²) in [5, 5.41) is 11.9. The fourth-order valence-electron chi connectivity index (χ4n) is 2.69. The van der Waals surface area contributed by atoms with Crippen molar-refractivity contribution in [3.63, 3.8) is 0 Å². The molecule has 0 heterocycles. The lowest BCUT2D eigenvalue weighted by Crippen LogP contribution is -2.45. The van der Waals surface area contributed by atoms with Crippen LogP contribution in [0, 0.1) is 11.6 Å². The van der Waals surface area contributed by atoms with Gasteiger partial charge in [-0.05, 0) is 42.8 Å². The van der Waals surface area contributed by atoms with E-state index in [4.69, 9.17) is 4.74 Å². The largest absolute Gasteiger partial charge is 0.497 e. The van der Waals surface area contributed by atoms with Crippen molar-refractivity contribution in [3.05, 3.63) is 65.2 Å². The van der Waals surface area contributed by atoms with Gasteiger partial charge >= 0.3 is 5.97 Å². The van der Waals surface area contributed by atoms with Gasteiger partial charge in [0.05, 0.1) is 25.5 Å². The molecular formula is C19H19F2NO4. The molecule has 1 atom stereocenters. The van der Waals surface area contributed by atoms with Crippen LogP contribution in [-0.4, -0.2) is 24.1 Å². The average molecular weight is 363 g/mol. The molecule has 2 N–H and O–H groups in total. The van der Waals surface area contributed by atoms with Crippen LogP contribution in [0.1, 0.15) is 24.5 Å². The second kappa shape index (κ2) is 7.95. The molecular weight excluding hydrogens is 344 g/mol. The van der Waals surface area contributed by atoms with Crippen LogP contribution < -0.4 is 10.1 Å². The summed E-state index contributed by atoms with van der Waals surface area (Å²) in [6, 6.07) is 9.48. The van der Waals surface area contributed by atoms with Crippen LogP contribution in [0.15, 0.2) is 42.5 Å². The van der Waals surface area contributed by atoms with Gasteiger partial charge in [-0.25, -0.2) is 8.78 Å². The summed E-state index contributed by atoms with van der Waals surface area (Å²) in [4.78, 5) is 23.7. The molecule has 0 aliphatic carbocycles. The fraction of sp³-hybridized carbons (Fsp3) is 0.263. The van der Waals surface area contributed by atoms with E-state index in [0.29, 0.717) is 11.3 Å². The Bertz CT molecular complexity index is 825. The van der Waals surface area contributed by atoms with Crippen molar-refractivity contribution < 1.29 is 28.2 Å². The van der Waals surface area contributed by atoms with E-state index < -0.39 is 41.9 Å². The third-order valence-corrected chi connectivity index (χ3v) is 3.99. The molecule has 1 amide bonds. The summed E-state index contributed by atoms with van der Waals surface area (Å²) in [6.07, 6.45) is -0.805. The molecule has 0 radical (unpaired) electrons. The minimum absolute atomic E-state index is 0.106. The summed E-state index contributed by atoms with van der Waals surface area (Å²) in [6.45, 7) is 1.55. The zero-order chi connectivity index (χ0) is 19.3. The summed E-state index contributed by atoms with van der Waals surface area (Å²) in [7, 11) is 1.47. The topological polar surface area (TPSA) is 75.6 Å². The number of aliphatic carboxylic acids is 1. The fourth-order valence-corrected chi connectivity index (χ4v) is 2.69. The van der Waals surface area contributed by atoms with E-state index in [-0.39, 0.29) is 5.56 Å². The molecule has 0 aliphatic rings. The first kappa shape index (κ1) is 19.4. The normalized spacial score (nSPS) is 12.9. The number of hydrogen-bond acceptors (Lipinski definition) is 3. The number of ether oxygens (including phenoxy) is 1. The van der Waals surface area contributed by atoms with E-state index in [9.17, 15) is 23.5 Å². The number of nitrogens with one attached hydrogen (secondary N) is 1. The van der Waals surface area contributed by atoms with Crippen LogP contribution in [0.3, 0.4) is 0 Å². The van der Waals surface area contributed by atoms with Gasteiger partial charge in [0.1, 0.15) is 17.4 Å². The quantitative estimate of drug-likeness (QED) is 0.793. The molecule has 0 spiro atoms. The van der Waals surface area contributed by atoms with Crippen molar-refractivity contribution in [2.24, 2.45) is 0 Å². The van der Waals surface area contributed by atoms with Crippen LogP contribution in [0.5, 0.6) is 5.75 Å². The Balaban J connectivity index is 2.27. The molecule has 0 bridgehead atoms. The van der Waals surface area contributed by atoms with E-state index in [1.165, 1.54) is 7.11 Å². The Morgan fingerprint density at radius 3 is 2.58 bits per heavy atom. The molecule has 0 saturated carbocycles. The van der Waals surface area contributed by atoms with Gasteiger partial charge in [0, 0.05) is 5.56 Å². The number of hydrogen-bond donors (Lipinski definition) is 2. The van der Waals surface area contributed by atoms with Gasteiger partial charge in [-0.3, -0.25) is 9.59 Å². The highest BCUT2D eigenvalue weighted by Gasteiger charge is 2.32. The smallest absolute Gasteiger partial charge is 0.306 e. The number of rotatable bonds is 7. The zero-order valence-electron chi connectivity index (χ0n) is 14.4.